The van der Waals surface area contributed by atoms with Gasteiger partial charge in [-0.25, -0.2) is 12.7 Å². The fraction of sp³-hybridized carbons (Fsp3) is 0.350. The third-order valence-electron chi connectivity index (χ3n) is 4.80. The summed E-state index contributed by atoms with van der Waals surface area (Å²) in [4.78, 5) is 12.6. The molecule has 1 amide bonds. The van der Waals surface area contributed by atoms with Crippen molar-refractivity contribution < 1.29 is 17.9 Å². The van der Waals surface area contributed by atoms with Gasteiger partial charge in [-0.05, 0) is 48.7 Å². The number of amides is 1. The Hall–Kier alpha value is -2.09. The second-order valence-corrected chi connectivity index (χ2v) is 9.14. The third-order valence-corrected chi connectivity index (χ3v) is 6.96. The molecule has 150 valence electrons. The van der Waals surface area contributed by atoms with Crippen LogP contribution in [0.1, 0.15) is 18.4 Å². The molecule has 6 nitrogen and oxygen atoms in total. The molecule has 2 aromatic carbocycles. The van der Waals surface area contributed by atoms with E-state index in [1.165, 1.54) is 4.31 Å². The Morgan fingerprint density at radius 1 is 1.21 bits per heavy atom. The summed E-state index contributed by atoms with van der Waals surface area (Å²) in [7, 11) is -1.98. The Bertz CT molecular complexity index is 931. The largest absolute Gasteiger partial charge is 0.497 e. The maximum atomic E-state index is 12.8. The SMILES string of the molecule is COc1ccc(NC(=O)[C@H]2CCCN(S(=O)(=O)Cc3ccccc3Cl)C2)cc1. The molecule has 0 saturated carbocycles. The van der Waals surface area contributed by atoms with E-state index in [1.54, 1.807) is 55.6 Å². The summed E-state index contributed by atoms with van der Waals surface area (Å²) in [5, 5.41) is 3.28. The number of piperidine rings is 1. The van der Waals surface area contributed by atoms with Crippen molar-refractivity contribution in [2.75, 3.05) is 25.5 Å². The fourth-order valence-electron chi connectivity index (χ4n) is 3.23. The molecule has 1 aliphatic rings. The highest BCUT2D eigenvalue weighted by atomic mass is 35.5. The normalized spacial score (nSPS) is 17.9. The predicted octanol–water partition coefficient (Wildman–Crippen LogP) is 3.53. The van der Waals surface area contributed by atoms with E-state index in [0.717, 1.165) is 0 Å². The van der Waals surface area contributed by atoms with E-state index >= 15 is 0 Å². The maximum absolute atomic E-state index is 12.8. The average molecular weight is 423 g/mol. The fourth-order valence-corrected chi connectivity index (χ4v) is 5.15. The van der Waals surface area contributed by atoms with Gasteiger partial charge in [0.1, 0.15) is 5.75 Å². The standard InChI is InChI=1S/C20H23ClN2O4S/c1-27-18-10-8-17(9-11-18)22-20(24)15-6-4-12-23(13-15)28(25,26)14-16-5-2-3-7-19(16)21/h2-3,5,7-11,15H,4,6,12-14H2,1H3,(H,22,24)/t15-/m0/s1. The summed E-state index contributed by atoms with van der Waals surface area (Å²) in [5.41, 5.74) is 1.22. The lowest BCUT2D eigenvalue weighted by molar-refractivity contribution is -0.120. The molecule has 8 heteroatoms. The molecule has 1 aliphatic heterocycles. The van der Waals surface area contributed by atoms with Gasteiger partial charge in [-0.2, -0.15) is 0 Å². The summed E-state index contributed by atoms with van der Waals surface area (Å²) in [6.07, 6.45) is 1.29. The van der Waals surface area contributed by atoms with Crippen LogP contribution in [0.25, 0.3) is 0 Å². The van der Waals surface area contributed by atoms with Gasteiger partial charge in [0.2, 0.25) is 15.9 Å². The number of ether oxygens (including phenoxy) is 1. The minimum atomic E-state index is -3.55. The highest BCUT2D eigenvalue weighted by molar-refractivity contribution is 7.88. The number of rotatable bonds is 6. The van der Waals surface area contributed by atoms with E-state index in [9.17, 15) is 13.2 Å². The predicted molar refractivity (Wildman–Crippen MR) is 110 cm³/mol. The first-order valence-electron chi connectivity index (χ1n) is 9.05. The number of carbonyl (C=O) groups excluding carboxylic acids is 1. The zero-order valence-corrected chi connectivity index (χ0v) is 17.2. The van der Waals surface area contributed by atoms with Gasteiger partial charge in [-0.15, -0.1) is 0 Å². The zero-order valence-electron chi connectivity index (χ0n) is 15.6. The van der Waals surface area contributed by atoms with Gasteiger partial charge in [0.05, 0.1) is 18.8 Å². The van der Waals surface area contributed by atoms with E-state index in [4.69, 9.17) is 16.3 Å². The minimum Gasteiger partial charge on any atom is -0.497 e. The van der Waals surface area contributed by atoms with Crippen LogP contribution in [-0.4, -0.2) is 38.8 Å². The molecule has 0 unspecified atom stereocenters. The van der Waals surface area contributed by atoms with E-state index in [2.05, 4.69) is 5.32 Å². The Labute approximate surface area is 170 Å². The smallest absolute Gasteiger partial charge is 0.228 e. The molecular formula is C20H23ClN2O4S. The number of halogens is 1. The lowest BCUT2D eigenvalue weighted by Gasteiger charge is -2.31. The lowest BCUT2D eigenvalue weighted by atomic mass is 9.99. The number of benzene rings is 2. The van der Waals surface area contributed by atoms with Crippen LogP contribution >= 0.6 is 11.6 Å². The van der Waals surface area contributed by atoms with E-state index < -0.39 is 15.9 Å². The van der Waals surface area contributed by atoms with Gasteiger partial charge in [0.25, 0.3) is 0 Å². The van der Waals surface area contributed by atoms with Gasteiger partial charge in [0, 0.05) is 23.8 Å². The molecule has 3 rings (SSSR count). The summed E-state index contributed by atoms with van der Waals surface area (Å²) in [6.45, 7) is 0.591. The van der Waals surface area contributed by atoms with Crippen molar-refractivity contribution in [1.29, 1.82) is 0 Å². The molecule has 0 radical (unpaired) electrons. The van der Waals surface area contributed by atoms with Crippen molar-refractivity contribution in [2.45, 2.75) is 18.6 Å². The van der Waals surface area contributed by atoms with Crippen LogP contribution in [0.5, 0.6) is 5.75 Å². The first-order valence-corrected chi connectivity index (χ1v) is 11.0. The van der Waals surface area contributed by atoms with Crippen molar-refractivity contribution in [2.24, 2.45) is 5.92 Å². The number of hydrogen-bond donors (Lipinski definition) is 1. The number of anilines is 1. The Morgan fingerprint density at radius 3 is 2.61 bits per heavy atom. The van der Waals surface area contributed by atoms with Crippen LogP contribution in [0.3, 0.4) is 0 Å². The van der Waals surface area contributed by atoms with Crippen LogP contribution < -0.4 is 10.1 Å². The number of methoxy groups -OCH3 is 1. The van der Waals surface area contributed by atoms with Gasteiger partial charge < -0.3 is 10.1 Å². The molecule has 0 aliphatic carbocycles. The molecular weight excluding hydrogens is 400 g/mol. The molecule has 1 heterocycles. The van der Waals surface area contributed by atoms with E-state index in [-0.39, 0.29) is 18.2 Å². The van der Waals surface area contributed by atoms with Crippen LogP contribution in [0, 0.1) is 5.92 Å². The highest BCUT2D eigenvalue weighted by Gasteiger charge is 2.32. The third kappa shape index (κ3) is 5.04. The number of nitrogens with one attached hydrogen (secondary N) is 1. The monoisotopic (exact) mass is 422 g/mol. The Balaban J connectivity index is 1.65. The Kier molecular flexibility index (Phi) is 6.59. The van der Waals surface area contributed by atoms with Crippen molar-refractivity contribution in [3.8, 4) is 5.75 Å². The van der Waals surface area contributed by atoms with Crippen molar-refractivity contribution in [3.63, 3.8) is 0 Å². The van der Waals surface area contributed by atoms with Crippen molar-refractivity contribution in [1.82, 2.24) is 4.31 Å². The first kappa shape index (κ1) is 20.6. The van der Waals surface area contributed by atoms with Crippen LogP contribution in [0.4, 0.5) is 5.69 Å². The topological polar surface area (TPSA) is 75.7 Å². The molecule has 0 bridgehead atoms. The zero-order chi connectivity index (χ0) is 20.1. The first-order chi connectivity index (χ1) is 13.4. The van der Waals surface area contributed by atoms with E-state index in [1.807, 2.05) is 0 Å². The maximum Gasteiger partial charge on any atom is 0.228 e. The molecule has 1 N–H and O–H groups in total. The van der Waals surface area contributed by atoms with Crippen LogP contribution in [-0.2, 0) is 20.6 Å². The molecule has 1 atom stereocenters. The highest BCUT2D eigenvalue weighted by Crippen LogP contribution is 2.25. The summed E-state index contributed by atoms with van der Waals surface area (Å²) in [6, 6.07) is 13.9. The molecule has 28 heavy (non-hydrogen) atoms. The summed E-state index contributed by atoms with van der Waals surface area (Å²) < 4.78 is 32.2. The number of sulfonamides is 1. The van der Waals surface area contributed by atoms with Crippen molar-refractivity contribution >= 4 is 33.2 Å². The summed E-state index contributed by atoms with van der Waals surface area (Å²) in [5.74, 6) is -0.0355. The van der Waals surface area contributed by atoms with Gasteiger partial charge in [-0.3, -0.25) is 4.79 Å². The van der Waals surface area contributed by atoms with Crippen molar-refractivity contribution in [3.05, 3.63) is 59.1 Å². The molecule has 1 fully saturated rings. The molecule has 1 saturated heterocycles. The Morgan fingerprint density at radius 2 is 1.93 bits per heavy atom. The van der Waals surface area contributed by atoms with Crippen LogP contribution in [0.2, 0.25) is 5.02 Å². The molecule has 0 spiro atoms. The minimum absolute atomic E-state index is 0.167. The number of nitrogens with zero attached hydrogens (tertiary/aromatic N) is 1. The van der Waals surface area contributed by atoms with Crippen LogP contribution in [0.15, 0.2) is 48.5 Å². The lowest BCUT2D eigenvalue weighted by Crippen LogP contribution is -2.44. The average Bonchev–Trinajstić information content (AvgIpc) is 2.70. The second-order valence-electron chi connectivity index (χ2n) is 6.76. The van der Waals surface area contributed by atoms with Gasteiger partial charge in [-0.1, -0.05) is 29.8 Å². The van der Waals surface area contributed by atoms with E-state index in [0.29, 0.717) is 41.4 Å². The summed E-state index contributed by atoms with van der Waals surface area (Å²) >= 11 is 6.10. The molecule has 0 aromatic heterocycles. The van der Waals surface area contributed by atoms with Gasteiger partial charge in [0.15, 0.2) is 0 Å². The van der Waals surface area contributed by atoms with Gasteiger partial charge >= 0.3 is 0 Å². The second kappa shape index (κ2) is 8.94. The number of hydrogen-bond acceptors (Lipinski definition) is 4. The molecule has 2 aromatic rings. The quantitative estimate of drug-likeness (QED) is 0.772. The number of carbonyl (C=O) groups is 1.